The maximum absolute atomic E-state index is 6.98. The summed E-state index contributed by atoms with van der Waals surface area (Å²) in [5.41, 5.74) is 7.33. The molecule has 4 aliphatic rings. The molecule has 4 unspecified atom stereocenters. The van der Waals surface area contributed by atoms with Gasteiger partial charge in [0.15, 0.2) is 23.3 Å². The van der Waals surface area contributed by atoms with Gasteiger partial charge in [0.1, 0.15) is 34.1 Å². The van der Waals surface area contributed by atoms with Crippen molar-refractivity contribution in [1.29, 1.82) is 0 Å². The predicted molar refractivity (Wildman–Crippen MR) is 272 cm³/mol. The Kier molecular flexibility index (Phi) is 9.55. The molecular weight excluding hydrogens is 781 g/mol. The van der Waals surface area contributed by atoms with Crippen LogP contribution >= 0.6 is 0 Å². The quantitative estimate of drug-likeness (QED) is 0.180. The molecule has 8 aromatic rings. The zero-order valence-electron chi connectivity index (χ0n) is 35.0. The fourth-order valence-corrected chi connectivity index (χ4v) is 10.2. The van der Waals surface area contributed by atoms with Crippen LogP contribution in [0, 0.1) is 0 Å². The molecule has 2 N–H and O–H groups in total. The molecule has 284 valence electrons. The summed E-state index contributed by atoms with van der Waals surface area (Å²) >= 11 is 0. The molecule has 0 spiro atoms. The number of hydrogen-bond donors (Lipinski definition) is 2. The Labute approximate surface area is 387 Å². The highest BCUT2D eigenvalue weighted by Crippen LogP contribution is 2.63. The maximum atomic E-state index is 6.98. The monoisotopic (exact) mass is 808 g/mol. The lowest BCUT2D eigenvalue weighted by atomic mass is 8.78. The zero-order valence-corrected chi connectivity index (χ0v) is 35.0. The summed E-state index contributed by atoms with van der Waals surface area (Å²) in [4.78, 5) is 37.9. The molecule has 4 atom stereocenters. The van der Waals surface area contributed by atoms with Crippen LogP contribution in [0.3, 0.4) is 0 Å². The van der Waals surface area contributed by atoms with Crippen molar-refractivity contribution in [3.8, 4) is 57.1 Å². The standard InChI is InChI=1S/C44H26B12N8O/c45-51-41-43(53-47,55(41)49)19-21-16-22(20-44(54-48)42(52-46)56(44)50)18-23(17-21)65-31-15-7-14-30-32(31)40-63-38-29-13-6-5-12-28(29)36(61-38)59-34-25-9-2-1-8-24(25)33(57-34)58-35-26-10-3-4-11-27(26)37(60-35)62-39(30)64-40/h1-18,41-42H,19-20H2,(H2,57,58,59,60,61,62,63,64)/i51-1,52-1,53-1,54-1,55-1,56-1. The fourth-order valence-electron chi connectivity index (χ4n) is 10.2. The van der Waals surface area contributed by atoms with Crippen molar-refractivity contribution in [3.63, 3.8) is 0 Å². The number of fused-ring (bicyclic) bond motifs is 20. The van der Waals surface area contributed by atoms with Crippen LogP contribution in [0.2, 0.25) is 21.9 Å². The molecule has 65 heavy (non-hydrogen) atoms. The molecule has 2 saturated heterocycles. The van der Waals surface area contributed by atoms with E-state index in [1.807, 2.05) is 103 Å². The highest BCUT2D eigenvalue weighted by atomic mass is 16.5. The Morgan fingerprint density at radius 1 is 0.508 bits per heavy atom. The smallest absolute Gasteiger partial charge is 0.168 e. The summed E-state index contributed by atoms with van der Waals surface area (Å²) in [5, 5.41) is 2.60. The number of benzene rings is 5. The van der Waals surface area contributed by atoms with Gasteiger partial charge in [-0.1, -0.05) is 91.0 Å². The van der Waals surface area contributed by atoms with E-state index in [2.05, 4.69) is 16.0 Å². The molecule has 4 aliphatic heterocycles. The number of aromatic amines is 2. The summed E-state index contributed by atoms with van der Waals surface area (Å²) in [6.07, 6.45) is 1.08. The van der Waals surface area contributed by atoms with Crippen molar-refractivity contribution < 1.29 is 4.74 Å². The van der Waals surface area contributed by atoms with Gasteiger partial charge in [-0.2, -0.15) is 0 Å². The molecule has 3 aromatic heterocycles. The van der Waals surface area contributed by atoms with Crippen molar-refractivity contribution in [2.45, 2.75) is 34.7 Å². The van der Waals surface area contributed by atoms with Gasteiger partial charge in [0.2, 0.25) is 0 Å². The zero-order chi connectivity index (χ0) is 44.2. The van der Waals surface area contributed by atoms with Crippen LogP contribution in [-0.2, 0) is 12.8 Å². The average molecular weight is 808 g/mol. The van der Waals surface area contributed by atoms with E-state index in [0.717, 1.165) is 49.4 Å². The predicted octanol–water partition coefficient (Wildman–Crippen LogP) is 5.30. The van der Waals surface area contributed by atoms with Crippen molar-refractivity contribution >= 4 is 132 Å². The van der Waals surface area contributed by atoms with Crippen LogP contribution < -0.4 is 4.74 Å². The molecule has 12 rings (SSSR count). The first-order valence-electron chi connectivity index (χ1n) is 21.5. The highest BCUT2D eigenvalue weighted by molar-refractivity contribution is 7.29. The highest BCUT2D eigenvalue weighted by Gasteiger charge is 2.59. The minimum atomic E-state index is -0.505. The SMILES string of the molecule is [B][10B]C1[10B]([B])C1([10B][B])Cc1cc(CC2([10B][B])[10B]([B])C2[10B][B])cc(Oc2cccc3c2-c2nc4nc(nc5[nH]c(nc6[nH]c(nc-3n2)c2ccccc62)c2ccccc52)-c2ccccc2-4)c1. The number of nitrogens with zero attached hydrogens (tertiary/aromatic N) is 6. The third-order valence-corrected chi connectivity index (χ3v) is 13.9. The first-order valence-corrected chi connectivity index (χ1v) is 21.5. The van der Waals surface area contributed by atoms with E-state index in [1.165, 1.54) is 0 Å². The number of aromatic nitrogens is 8. The van der Waals surface area contributed by atoms with Gasteiger partial charge < -0.3 is 14.7 Å². The first kappa shape index (κ1) is 40.5. The van der Waals surface area contributed by atoms with Gasteiger partial charge >= 0.3 is 0 Å². The summed E-state index contributed by atoms with van der Waals surface area (Å²) in [7, 11) is 44.4. The minimum Gasteiger partial charge on any atom is -0.457 e. The Balaban J connectivity index is 1.07. The van der Waals surface area contributed by atoms with Crippen LogP contribution in [0.1, 0.15) is 11.1 Å². The lowest BCUT2D eigenvalue weighted by Crippen LogP contribution is -2.17. The first-order chi connectivity index (χ1) is 31.7. The number of ether oxygens (including phenoxy) is 1. The van der Waals surface area contributed by atoms with E-state index in [4.69, 9.17) is 81.1 Å². The van der Waals surface area contributed by atoms with Gasteiger partial charge in [-0.15, -0.1) is 21.9 Å². The Hall–Kier alpha value is -5.96. The second kappa shape index (κ2) is 15.3. The normalized spacial score (nSPS) is 20.2. The number of H-pyrrole nitrogens is 2. The van der Waals surface area contributed by atoms with Crippen molar-refractivity contribution in [2.75, 3.05) is 0 Å². The van der Waals surface area contributed by atoms with Crippen LogP contribution in [0.5, 0.6) is 11.5 Å². The topological polar surface area (TPSA) is 118 Å². The second-order valence-corrected chi connectivity index (χ2v) is 17.4. The van der Waals surface area contributed by atoms with Gasteiger partial charge in [-0.05, 0) is 42.2 Å². The van der Waals surface area contributed by atoms with Crippen molar-refractivity contribution in [2.24, 2.45) is 0 Å². The van der Waals surface area contributed by atoms with Gasteiger partial charge in [0.25, 0.3) is 0 Å². The van der Waals surface area contributed by atoms with E-state index in [1.54, 1.807) is 28.7 Å². The van der Waals surface area contributed by atoms with Crippen molar-refractivity contribution in [1.82, 2.24) is 39.9 Å². The Bertz CT molecular complexity index is 3400. The molecule has 5 aromatic carbocycles. The molecule has 0 aliphatic carbocycles. The van der Waals surface area contributed by atoms with E-state index in [-0.39, 0.29) is 24.6 Å². The van der Waals surface area contributed by atoms with E-state index in [9.17, 15) is 0 Å². The van der Waals surface area contributed by atoms with Gasteiger partial charge in [0, 0.05) is 99.0 Å². The van der Waals surface area contributed by atoms with Crippen LogP contribution in [0.4, 0.5) is 0 Å². The van der Waals surface area contributed by atoms with Crippen molar-refractivity contribution in [3.05, 3.63) is 120 Å². The molecule has 0 saturated carbocycles. The lowest BCUT2D eigenvalue weighted by molar-refractivity contribution is 0.483. The third-order valence-electron chi connectivity index (χ3n) is 13.9. The second-order valence-electron chi connectivity index (χ2n) is 17.4. The molecule has 16 radical (unpaired) electrons. The van der Waals surface area contributed by atoms with Crippen LogP contribution in [0.15, 0.2) is 109 Å². The molecule has 2 fully saturated rings. The third kappa shape index (κ3) is 6.38. The summed E-state index contributed by atoms with van der Waals surface area (Å²) < 4.78 is 6.98. The maximum Gasteiger partial charge on any atom is 0.168 e. The molecular formula is C44H26B12N8O. The largest absolute Gasteiger partial charge is 0.457 e. The van der Waals surface area contributed by atoms with E-state index >= 15 is 0 Å². The lowest BCUT2D eigenvalue weighted by Gasteiger charge is -2.22. The molecule has 7 heterocycles. The van der Waals surface area contributed by atoms with Crippen LogP contribution in [-0.4, -0.2) is 128 Å². The van der Waals surface area contributed by atoms with Gasteiger partial charge in [-0.25, -0.2) is 29.9 Å². The van der Waals surface area contributed by atoms with Gasteiger partial charge in [-0.3, -0.25) is 0 Å². The Morgan fingerprint density at radius 3 is 1.42 bits per heavy atom. The summed E-state index contributed by atoms with van der Waals surface area (Å²) in [6.45, 7) is -0.432. The van der Waals surface area contributed by atoms with E-state index < -0.39 is 10.4 Å². The number of hydrogen-bond acceptors (Lipinski definition) is 7. The van der Waals surface area contributed by atoms with Crippen LogP contribution in [0.25, 0.3) is 89.7 Å². The molecule has 8 bridgehead atoms. The molecule has 9 nitrogen and oxygen atoms in total. The Morgan fingerprint density at radius 2 is 0.938 bits per heavy atom. The fraction of sp³-hybridized carbons (Fsp3) is 0.136. The number of nitrogens with one attached hydrogen (secondary N) is 2. The molecule has 21 heteroatoms. The average Bonchev–Trinajstić information content (AvgIpc) is 3.65. The summed E-state index contributed by atoms with van der Waals surface area (Å²) in [5.74, 6) is 2.88. The minimum absolute atomic E-state index is 0.0681. The molecule has 0 amide bonds. The van der Waals surface area contributed by atoms with E-state index in [0.29, 0.717) is 75.8 Å². The number of rotatable bonds is 10. The van der Waals surface area contributed by atoms with Gasteiger partial charge in [0.05, 0.1) is 33.1 Å². The summed E-state index contributed by atoms with van der Waals surface area (Å²) in [6, 6.07) is 35.9.